The molecule has 0 radical (unpaired) electrons. The summed E-state index contributed by atoms with van der Waals surface area (Å²) in [7, 11) is 0. The van der Waals surface area contributed by atoms with Crippen LogP contribution in [0, 0.1) is 0 Å². The van der Waals surface area contributed by atoms with E-state index in [1.54, 1.807) is 12.4 Å². The number of nitrogens with zero attached hydrogens (tertiary/aromatic N) is 3. The van der Waals surface area contributed by atoms with Crippen molar-refractivity contribution in [2.75, 3.05) is 5.32 Å². The maximum Gasteiger partial charge on any atom is 0.137 e. The summed E-state index contributed by atoms with van der Waals surface area (Å²) in [5, 5.41) is 7.24. The second-order valence-electron chi connectivity index (χ2n) is 6.13. The third-order valence-electron chi connectivity index (χ3n) is 4.49. The van der Waals surface area contributed by atoms with Crippen molar-refractivity contribution in [3.63, 3.8) is 0 Å². The molecule has 1 aromatic carbocycles. The Morgan fingerprint density at radius 2 is 1.85 bits per heavy atom. The first-order valence-electron chi connectivity index (χ1n) is 8.27. The second kappa shape index (κ2) is 5.97. The minimum Gasteiger partial charge on any atom is -0.365 e. The summed E-state index contributed by atoms with van der Waals surface area (Å²) in [6.45, 7) is 0.631. The van der Waals surface area contributed by atoms with Gasteiger partial charge in [-0.05, 0) is 29.8 Å². The first-order valence-corrected chi connectivity index (χ1v) is 8.65. The quantitative estimate of drug-likeness (QED) is 0.479. The molecular formula is C20H14ClN5. The predicted octanol–water partition coefficient (Wildman–Crippen LogP) is 4.92. The fourth-order valence-corrected chi connectivity index (χ4v) is 3.51. The molecule has 2 N–H and O–H groups in total. The molecule has 26 heavy (non-hydrogen) atoms. The number of aromatic amines is 1. The molecule has 0 aliphatic rings. The zero-order chi connectivity index (χ0) is 17.5. The largest absolute Gasteiger partial charge is 0.365 e. The molecule has 0 atom stereocenters. The van der Waals surface area contributed by atoms with E-state index in [2.05, 4.69) is 20.3 Å². The number of benzene rings is 1. The van der Waals surface area contributed by atoms with Gasteiger partial charge in [0.05, 0.1) is 16.4 Å². The molecule has 0 fully saturated rings. The molecule has 5 nitrogen and oxygen atoms in total. The van der Waals surface area contributed by atoms with Crippen LogP contribution in [0.1, 0.15) is 5.56 Å². The van der Waals surface area contributed by atoms with Crippen molar-refractivity contribution >= 4 is 50.1 Å². The maximum absolute atomic E-state index is 6.10. The summed E-state index contributed by atoms with van der Waals surface area (Å²) in [4.78, 5) is 16.9. The molecule has 4 heterocycles. The molecule has 6 heteroatoms. The monoisotopic (exact) mass is 359 g/mol. The van der Waals surface area contributed by atoms with E-state index in [0.29, 0.717) is 6.54 Å². The third kappa shape index (κ3) is 2.45. The van der Waals surface area contributed by atoms with E-state index in [0.717, 1.165) is 49.1 Å². The summed E-state index contributed by atoms with van der Waals surface area (Å²) in [6.07, 6.45) is 7.24. The standard InChI is InChI=1S/C20H14ClN5/c21-13-3-1-2-12(8-13)9-24-20-18-14-10-22-6-4-16(14)25-19(18)15-11-23-7-5-17(15)26-20/h1-8,10-11,25H,9H2,(H,24,26). The van der Waals surface area contributed by atoms with Crippen LogP contribution in [-0.4, -0.2) is 19.9 Å². The van der Waals surface area contributed by atoms with Gasteiger partial charge in [0.2, 0.25) is 0 Å². The number of nitrogens with one attached hydrogen (secondary N) is 2. The Morgan fingerprint density at radius 1 is 1.00 bits per heavy atom. The molecule has 126 valence electrons. The number of aromatic nitrogens is 4. The van der Waals surface area contributed by atoms with Gasteiger partial charge in [-0.15, -0.1) is 0 Å². The molecule has 5 rings (SSSR count). The van der Waals surface area contributed by atoms with Gasteiger partial charge in [-0.3, -0.25) is 9.97 Å². The highest BCUT2D eigenvalue weighted by molar-refractivity contribution is 6.30. The van der Waals surface area contributed by atoms with Gasteiger partial charge in [-0.2, -0.15) is 0 Å². The Balaban J connectivity index is 1.71. The van der Waals surface area contributed by atoms with Crippen LogP contribution in [0.5, 0.6) is 0 Å². The Morgan fingerprint density at radius 3 is 2.73 bits per heavy atom. The highest BCUT2D eigenvalue weighted by Crippen LogP contribution is 2.34. The van der Waals surface area contributed by atoms with Crippen LogP contribution in [0.2, 0.25) is 5.02 Å². The minimum absolute atomic E-state index is 0.631. The Hall–Kier alpha value is -3.18. The van der Waals surface area contributed by atoms with Crippen LogP contribution in [0.15, 0.2) is 61.2 Å². The minimum atomic E-state index is 0.631. The molecule has 5 aromatic rings. The van der Waals surface area contributed by atoms with Crippen molar-refractivity contribution < 1.29 is 0 Å². The topological polar surface area (TPSA) is 66.5 Å². The Labute approximate surface area is 154 Å². The van der Waals surface area contributed by atoms with Gasteiger partial charge in [0.25, 0.3) is 0 Å². The normalized spacial score (nSPS) is 11.4. The van der Waals surface area contributed by atoms with E-state index in [4.69, 9.17) is 16.6 Å². The lowest BCUT2D eigenvalue weighted by Gasteiger charge is -2.10. The van der Waals surface area contributed by atoms with E-state index in [9.17, 15) is 0 Å². The van der Waals surface area contributed by atoms with Gasteiger partial charge in [0.15, 0.2) is 0 Å². The average molecular weight is 360 g/mol. The van der Waals surface area contributed by atoms with Crippen LogP contribution >= 0.6 is 11.6 Å². The summed E-state index contributed by atoms with van der Waals surface area (Å²) < 4.78 is 0. The van der Waals surface area contributed by atoms with Crippen LogP contribution in [0.4, 0.5) is 5.82 Å². The van der Waals surface area contributed by atoms with Crippen molar-refractivity contribution in [2.24, 2.45) is 0 Å². The number of fused-ring (bicyclic) bond motifs is 5. The van der Waals surface area contributed by atoms with E-state index in [1.165, 1.54) is 0 Å². The molecule has 0 unspecified atom stereocenters. The summed E-state index contributed by atoms with van der Waals surface area (Å²) in [5.74, 6) is 0.818. The number of halogens is 1. The van der Waals surface area contributed by atoms with Crippen LogP contribution in [-0.2, 0) is 6.54 Å². The van der Waals surface area contributed by atoms with Crippen molar-refractivity contribution in [1.82, 2.24) is 19.9 Å². The maximum atomic E-state index is 6.10. The number of H-pyrrole nitrogens is 1. The number of hydrogen-bond acceptors (Lipinski definition) is 4. The number of hydrogen-bond donors (Lipinski definition) is 2. The first kappa shape index (κ1) is 15.1. The number of rotatable bonds is 3. The lowest BCUT2D eigenvalue weighted by molar-refractivity contribution is 1.13. The molecule has 4 aromatic heterocycles. The van der Waals surface area contributed by atoms with E-state index in [-0.39, 0.29) is 0 Å². The average Bonchev–Trinajstić information content (AvgIpc) is 3.06. The third-order valence-corrected chi connectivity index (χ3v) is 4.72. The van der Waals surface area contributed by atoms with Crippen molar-refractivity contribution in [3.8, 4) is 0 Å². The number of anilines is 1. The van der Waals surface area contributed by atoms with Crippen LogP contribution in [0.3, 0.4) is 0 Å². The van der Waals surface area contributed by atoms with E-state index in [1.807, 2.05) is 48.8 Å². The molecule has 0 saturated heterocycles. The first-order chi connectivity index (χ1) is 12.8. The fraction of sp³-hybridized carbons (Fsp3) is 0.0500. The second-order valence-corrected chi connectivity index (χ2v) is 6.57. The van der Waals surface area contributed by atoms with Gasteiger partial charge in [0.1, 0.15) is 5.82 Å². The van der Waals surface area contributed by atoms with Gasteiger partial charge in [-0.25, -0.2) is 4.98 Å². The number of pyridine rings is 3. The highest BCUT2D eigenvalue weighted by Gasteiger charge is 2.14. The van der Waals surface area contributed by atoms with Gasteiger partial charge in [-0.1, -0.05) is 23.7 Å². The van der Waals surface area contributed by atoms with Gasteiger partial charge >= 0.3 is 0 Å². The zero-order valence-electron chi connectivity index (χ0n) is 13.7. The molecule has 0 spiro atoms. The van der Waals surface area contributed by atoms with Crippen LogP contribution < -0.4 is 5.32 Å². The molecule has 0 aliphatic carbocycles. The lowest BCUT2D eigenvalue weighted by Crippen LogP contribution is -2.02. The highest BCUT2D eigenvalue weighted by atomic mass is 35.5. The molecule has 0 aliphatic heterocycles. The molecule has 0 saturated carbocycles. The fourth-order valence-electron chi connectivity index (χ4n) is 3.30. The van der Waals surface area contributed by atoms with E-state index >= 15 is 0 Å². The molecular weight excluding hydrogens is 346 g/mol. The summed E-state index contributed by atoms with van der Waals surface area (Å²) in [6, 6.07) is 11.7. The molecule has 0 amide bonds. The zero-order valence-corrected chi connectivity index (χ0v) is 14.5. The Kier molecular flexibility index (Phi) is 3.47. The summed E-state index contributed by atoms with van der Waals surface area (Å²) >= 11 is 6.10. The SMILES string of the molecule is Clc1cccc(CNc2nc3ccncc3c3[nH]c4ccncc4c23)c1. The van der Waals surface area contributed by atoms with Crippen LogP contribution in [0.25, 0.3) is 32.7 Å². The summed E-state index contributed by atoms with van der Waals surface area (Å²) in [5.41, 5.74) is 4.03. The van der Waals surface area contributed by atoms with Crippen molar-refractivity contribution in [1.29, 1.82) is 0 Å². The lowest BCUT2D eigenvalue weighted by atomic mass is 10.1. The van der Waals surface area contributed by atoms with Crippen molar-refractivity contribution in [2.45, 2.75) is 6.54 Å². The predicted molar refractivity (Wildman–Crippen MR) is 105 cm³/mol. The van der Waals surface area contributed by atoms with Crippen molar-refractivity contribution in [3.05, 3.63) is 71.8 Å². The van der Waals surface area contributed by atoms with Gasteiger partial charge in [0, 0.05) is 52.6 Å². The Bertz CT molecular complexity index is 1260. The smallest absolute Gasteiger partial charge is 0.137 e. The molecule has 0 bridgehead atoms. The van der Waals surface area contributed by atoms with Gasteiger partial charge < -0.3 is 10.3 Å². The van der Waals surface area contributed by atoms with E-state index < -0.39 is 0 Å².